The molecule has 7 nitrogen and oxygen atoms in total. The van der Waals surface area contributed by atoms with E-state index in [1.807, 2.05) is 40.9 Å². The van der Waals surface area contributed by atoms with E-state index >= 15 is 0 Å². The molecule has 23 heavy (non-hydrogen) atoms. The van der Waals surface area contributed by atoms with E-state index in [1.165, 1.54) is 0 Å². The van der Waals surface area contributed by atoms with E-state index in [2.05, 4.69) is 25.7 Å². The van der Waals surface area contributed by atoms with Gasteiger partial charge in [0.2, 0.25) is 0 Å². The number of carbonyl (C=O) groups is 1. The summed E-state index contributed by atoms with van der Waals surface area (Å²) in [6.45, 7) is 0.485. The van der Waals surface area contributed by atoms with Gasteiger partial charge in [-0.25, -0.2) is 0 Å². The van der Waals surface area contributed by atoms with Gasteiger partial charge in [-0.3, -0.25) is 14.3 Å². The maximum absolute atomic E-state index is 12.3. The Morgan fingerprint density at radius 3 is 3.09 bits per heavy atom. The van der Waals surface area contributed by atoms with E-state index in [-0.39, 0.29) is 5.91 Å². The van der Waals surface area contributed by atoms with Crippen molar-refractivity contribution in [3.05, 3.63) is 60.2 Å². The zero-order chi connectivity index (χ0) is 15.6. The first-order valence-corrected chi connectivity index (χ1v) is 7.32. The van der Waals surface area contributed by atoms with Crippen molar-refractivity contribution in [1.29, 1.82) is 0 Å². The molecule has 3 aromatic heterocycles. The van der Waals surface area contributed by atoms with Gasteiger partial charge in [-0.15, -0.1) is 10.2 Å². The molecule has 1 amide bonds. The minimum atomic E-state index is -0.131. The van der Waals surface area contributed by atoms with E-state index < -0.39 is 0 Å². The molecule has 0 spiro atoms. The highest BCUT2D eigenvalue weighted by Gasteiger charge is 2.11. The van der Waals surface area contributed by atoms with Crippen molar-refractivity contribution in [2.75, 3.05) is 6.54 Å². The van der Waals surface area contributed by atoms with E-state index in [9.17, 15) is 4.79 Å². The zero-order valence-electron chi connectivity index (χ0n) is 12.2. The number of H-pyrrole nitrogens is 1. The van der Waals surface area contributed by atoms with Gasteiger partial charge in [0.1, 0.15) is 5.82 Å². The highest BCUT2D eigenvalue weighted by molar-refractivity contribution is 6.05. The summed E-state index contributed by atoms with van der Waals surface area (Å²) in [5.41, 5.74) is 2.14. The molecule has 114 valence electrons. The lowest BCUT2D eigenvalue weighted by Gasteiger charge is -2.05. The van der Waals surface area contributed by atoms with Gasteiger partial charge in [-0.2, -0.15) is 5.10 Å². The van der Waals surface area contributed by atoms with Crippen molar-refractivity contribution >= 4 is 22.5 Å². The number of rotatable bonds is 4. The van der Waals surface area contributed by atoms with Crippen LogP contribution in [0.5, 0.6) is 0 Å². The Morgan fingerprint density at radius 2 is 2.13 bits per heavy atom. The largest absolute Gasteiger partial charge is 0.352 e. The quantitative estimate of drug-likeness (QED) is 0.599. The van der Waals surface area contributed by atoms with Gasteiger partial charge < -0.3 is 5.32 Å². The lowest BCUT2D eigenvalue weighted by molar-refractivity contribution is 0.0955. The monoisotopic (exact) mass is 306 g/mol. The summed E-state index contributed by atoms with van der Waals surface area (Å²) in [4.78, 5) is 12.3. The molecule has 1 aromatic carbocycles. The predicted molar refractivity (Wildman–Crippen MR) is 85.1 cm³/mol. The second-order valence-electron chi connectivity index (χ2n) is 5.19. The van der Waals surface area contributed by atoms with Gasteiger partial charge in [-0.1, -0.05) is 18.2 Å². The molecule has 0 aliphatic carbocycles. The Bertz CT molecular complexity index is 986. The van der Waals surface area contributed by atoms with E-state index in [1.54, 1.807) is 12.3 Å². The van der Waals surface area contributed by atoms with E-state index in [4.69, 9.17) is 0 Å². The number of amides is 1. The first kappa shape index (κ1) is 13.4. The summed E-state index contributed by atoms with van der Waals surface area (Å²) in [6, 6.07) is 11.3. The average molecular weight is 306 g/mol. The van der Waals surface area contributed by atoms with Gasteiger partial charge >= 0.3 is 0 Å². The van der Waals surface area contributed by atoms with Crippen molar-refractivity contribution in [1.82, 2.24) is 30.1 Å². The highest BCUT2D eigenvalue weighted by atomic mass is 16.1. The summed E-state index contributed by atoms with van der Waals surface area (Å²) < 4.78 is 1.92. The standard InChI is InChI=1S/C16H14N6O/c23-16(12-5-3-4-11-10-18-21-15(11)12)17-8-7-14-20-19-13-6-1-2-9-22(13)14/h1-6,9-10H,7-8H2,(H,17,23)(H,18,21). The third kappa shape index (κ3) is 2.42. The second kappa shape index (κ2) is 5.53. The number of para-hydroxylation sites is 1. The number of aromatic amines is 1. The molecule has 0 bridgehead atoms. The van der Waals surface area contributed by atoms with Crippen LogP contribution in [0.15, 0.2) is 48.8 Å². The van der Waals surface area contributed by atoms with Gasteiger partial charge in [0.15, 0.2) is 5.65 Å². The molecule has 0 aliphatic rings. The van der Waals surface area contributed by atoms with Crippen LogP contribution >= 0.6 is 0 Å². The number of benzene rings is 1. The number of hydrogen-bond donors (Lipinski definition) is 2. The van der Waals surface area contributed by atoms with Gasteiger partial charge in [-0.05, 0) is 18.2 Å². The van der Waals surface area contributed by atoms with Crippen molar-refractivity contribution < 1.29 is 4.79 Å². The van der Waals surface area contributed by atoms with Crippen LogP contribution < -0.4 is 5.32 Å². The molecule has 2 N–H and O–H groups in total. The van der Waals surface area contributed by atoms with Crippen molar-refractivity contribution in [3.63, 3.8) is 0 Å². The topological polar surface area (TPSA) is 88.0 Å². The molecule has 0 fully saturated rings. The van der Waals surface area contributed by atoms with E-state index in [0.29, 0.717) is 18.5 Å². The van der Waals surface area contributed by atoms with Crippen LogP contribution in [0.2, 0.25) is 0 Å². The molecular weight excluding hydrogens is 292 g/mol. The Hall–Kier alpha value is -3.22. The minimum absolute atomic E-state index is 0.131. The van der Waals surface area contributed by atoms with Crippen LogP contribution in [-0.2, 0) is 6.42 Å². The zero-order valence-corrected chi connectivity index (χ0v) is 12.2. The highest BCUT2D eigenvalue weighted by Crippen LogP contribution is 2.15. The Balaban J connectivity index is 1.47. The normalized spacial score (nSPS) is 11.1. The van der Waals surface area contributed by atoms with E-state index in [0.717, 1.165) is 22.4 Å². The number of fused-ring (bicyclic) bond motifs is 2. The Kier molecular flexibility index (Phi) is 3.23. The van der Waals surface area contributed by atoms with Crippen molar-refractivity contribution in [3.8, 4) is 0 Å². The number of carbonyl (C=O) groups excluding carboxylic acids is 1. The number of pyridine rings is 1. The van der Waals surface area contributed by atoms with Crippen LogP contribution in [0, 0.1) is 0 Å². The summed E-state index contributed by atoms with van der Waals surface area (Å²) in [7, 11) is 0. The first-order valence-electron chi connectivity index (χ1n) is 7.32. The van der Waals surface area contributed by atoms with Gasteiger partial charge in [0.05, 0.1) is 17.3 Å². The lowest BCUT2D eigenvalue weighted by atomic mass is 10.1. The van der Waals surface area contributed by atoms with Crippen LogP contribution in [0.1, 0.15) is 16.2 Å². The number of aromatic nitrogens is 5. The molecule has 0 aliphatic heterocycles. The van der Waals surface area contributed by atoms with Crippen LogP contribution in [0.3, 0.4) is 0 Å². The van der Waals surface area contributed by atoms with Crippen LogP contribution in [-0.4, -0.2) is 37.2 Å². The molecule has 3 heterocycles. The molecule has 4 aromatic rings. The molecule has 7 heteroatoms. The Morgan fingerprint density at radius 1 is 1.17 bits per heavy atom. The van der Waals surface area contributed by atoms with Crippen molar-refractivity contribution in [2.24, 2.45) is 0 Å². The first-order chi connectivity index (χ1) is 11.3. The number of hydrogen-bond acceptors (Lipinski definition) is 4. The molecule has 0 unspecified atom stereocenters. The second-order valence-corrected chi connectivity index (χ2v) is 5.19. The summed E-state index contributed by atoms with van der Waals surface area (Å²) >= 11 is 0. The summed E-state index contributed by atoms with van der Waals surface area (Å²) in [6.07, 6.45) is 4.22. The van der Waals surface area contributed by atoms with Crippen LogP contribution in [0.4, 0.5) is 0 Å². The van der Waals surface area contributed by atoms with Crippen molar-refractivity contribution in [2.45, 2.75) is 6.42 Å². The molecular formula is C16H14N6O. The lowest BCUT2D eigenvalue weighted by Crippen LogP contribution is -2.26. The maximum Gasteiger partial charge on any atom is 0.253 e. The fourth-order valence-electron chi connectivity index (χ4n) is 2.60. The fourth-order valence-corrected chi connectivity index (χ4v) is 2.60. The Labute approximate surface area is 131 Å². The maximum atomic E-state index is 12.3. The fraction of sp³-hybridized carbons (Fsp3) is 0.125. The smallest absolute Gasteiger partial charge is 0.253 e. The summed E-state index contributed by atoms with van der Waals surface area (Å²) in [5, 5.41) is 18.9. The third-order valence-electron chi connectivity index (χ3n) is 3.74. The van der Waals surface area contributed by atoms with Crippen LogP contribution in [0.25, 0.3) is 16.6 Å². The minimum Gasteiger partial charge on any atom is -0.352 e. The van der Waals surface area contributed by atoms with Gasteiger partial charge in [0, 0.05) is 24.5 Å². The SMILES string of the molecule is O=C(NCCc1nnc2ccccn12)c1cccc2cn[nH]c12. The molecule has 4 rings (SSSR count). The third-order valence-corrected chi connectivity index (χ3v) is 3.74. The number of nitrogens with zero attached hydrogens (tertiary/aromatic N) is 4. The molecule has 0 atom stereocenters. The number of nitrogens with one attached hydrogen (secondary N) is 2. The average Bonchev–Trinajstić information content (AvgIpc) is 3.21. The summed E-state index contributed by atoms with van der Waals surface area (Å²) in [5.74, 6) is 0.689. The molecule has 0 saturated heterocycles. The van der Waals surface area contributed by atoms with Gasteiger partial charge in [0.25, 0.3) is 5.91 Å². The molecule has 0 radical (unpaired) electrons. The molecule has 0 saturated carbocycles. The predicted octanol–water partition coefficient (Wildman–Crippen LogP) is 1.58.